The Morgan fingerprint density at radius 1 is 1.50 bits per heavy atom. The van der Waals surface area contributed by atoms with E-state index in [1.807, 2.05) is 0 Å². The third-order valence-corrected chi connectivity index (χ3v) is 5.44. The summed E-state index contributed by atoms with van der Waals surface area (Å²) in [4.78, 5) is 13.7. The summed E-state index contributed by atoms with van der Waals surface area (Å²) in [6.07, 6.45) is 2.30. The van der Waals surface area contributed by atoms with E-state index in [-0.39, 0.29) is 5.84 Å². The Labute approximate surface area is 107 Å². The molecule has 1 unspecified atom stereocenters. The van der Waals surface area contributed by atoms with E-state index in [0.29, 0.717) is 19.4 Å². The van der Waals surface area contributed by atoms with E-state index in [4.69, 9.17) is 10.9 Å². The standard InChI is InChI=1S/C10H19N3O4S/c1-10(2,18(3,16)17)9(14)13-6-4-5-7(13)8(11)12-15/h7,15H,4-6H2,1-3H3,(H2,11,12). The van der Waals surface area contributed by atoms with Gasteiger partial charge in [0.2, 0.25) is 5.91 Å². The zero-order valence-electron chi connectivity index (χ0n) is 10.8. The van der Waals surface area contributed by atoms with Gasteiger partial charge < -0.3 is 15.8 Å². The third kappa shape index (κ3) is 2.43. The van der Waals surface area contributed by atoms with Gasteiger partial charge in [-0.2, -0.15) is 0 Å². The van der Waals surface area contributed by atoms with Gasteiger partial charge in [0, 0.05) is 12.8 Å². The Morgan fingerprint density at radius 3 is 2.50 bits per heavy atom. The summed E-state index contributed by atoms with van der Waals surface area (Å²) in [5, 5.41) is 11.6. The highest BCUT2D eigenvalue weighted by Gasteiger charge is 2.45. The van der Waals surface area contributed by atoms with Crippen LogP contribution < -0.4 is 5.73 Å². The Balaban J connectivity index is 3.05. The normalized spacial score (nSPS) is 22.3. The maximum absolute atomic E-state index is 12.3. The van der Waals surface area contributed by atoms with Crippen LogP contribution in [0.2, 0.25) is 0 Å². The van der Waals surface area contributed by atoms with Crippen molar-refractivity contribution in [1.29, 1.82) is 0 Å². The number of amides is 1. The largest absolute Gasteiger partial charge is 0.409 e. The van der Waals surface area contributed by atoms with Crippen LogP contribution in [0.5, 0.6) is 0 Å². The molecule has 8 heteroatoms. The van der Waals surface area contributed by atoms with Gasteiger partial charge in [0.25, 0.3) is 0 Å². The summed E-state index contributed by atoms with van der Waals surface area (Å²) in [5.41, 5.74) is 5.52. The molecule has 18 heavy (non-hydrogen) atoms. The SMILES string of the molecule is CC(C)(C(=O)N1CCCC1C(N)=NO)S(C)(=O)=O. The summed E-state index contributed by atoms with van der Waals surface area (Å²) >= 11 is 0. The molecule has 1 fully saturated rings. The van der Waals surface area contributed by atoms with Crippen LogP contribution in [0.15, 0.2) is 5.16 Å². The molecule has 0 aromatic carbocycles. The second-order valence-electron chi connectivity index (χ2n) is 4.96. The van der Waals surface area contributed by atoms with E-state index in [1.54, 1.807) is 0 Å². The van der Waals surface area contributed by atoms with Crippen LogP contribution in [0.25, 0.3) is 0 Å². The van der Waals surface area contributed by atoms with E-state index in [9.17, 15) is 13.2 Å². The predicted octanol–water partition coefficient (Wildman–Crippen LogP) is -0.453. The molecule has 1 aliphatic rings. The quantitative estimate of drug-likeness (QED) is 0.314. The average Bonchev–Trinajstić information content (AvgIpc) is 2.73. The van der Waals surface area contributed by atoms with Crippen molar-refractivity contribution in [2.24, 2.45) is 10.9 Å². The van der Waals surface area contributed by atoms with E-state index in [1.165, 1.54) is 18.7 Å². The van der Waals surface area contributed by atoms with Gasteiger partial charge in [0.15, 0.2) is 15.7 Å². The Hall–Kier alpha value is -1.31. The highest BCUT2D eigenvalue weighted by Crippen LogP contribution is 2.25. The lowest BCUT2D eigenvalue weighted by atomic mass is 10.1. The molecule has 0 radical (unpaired) electrons. The summed E-state index contributed by atoms with van der Waals surface area (Å²) in [7, 11) is -3.53. The molecular formula is C10H19N3O4S. The molecule has 0 saturated carbocycles. The maximum atomic E-state index is 12.3. The number of likely N-dealkylation sites (tertiary alicyclic amines) is 1. The lowest BCUT2D eigenvalue weighted by Crippen LogP contribution is -2.54. The fourth-order valence-corrected chi connectivity index (χ4v) is 2.32. The first-order chi connectivity index (χ1) is 8.13. The summed E-state index contributed by atoms with van der Waals surface area (Å²) in [6, 6.07) is -0.525. The molecule has 3 N–H and O–H groups in total. The molecule has 1 amide bonds. The fourth-order valence-electron chi connectivity index (χ4n) is 1.89. The van der Waals surface area contributed by atoms with E-state index in [0.717, 1.165) is 6.26 Å². The number of nitrogens with two attached hydrogens (primary N) is 1. The molecule has 0 aromatic rings. The summed E-state index contributed by atoms with van der Waals surface area (Å²) in [6.45, 7) is 3.15. The van der Waals surface area contributed by atoms with Crippen LogP contribution in [0, 0.1) is 0 Å². The number of rotatable bonds is 3. The smallest absolute Gasteiger partial charge is 0.244 e. The monoisotopic (exact) mass is 277 g/mol. The lowest BCUT2D eigenvalue weighted by Gasteiger charge is -2.31. The van der Waals surface area contributed by atoms with Crippen molar-refractivity contribution in [3.05, 3.63) is 0 Å². The van der Waals surface area contributed by atoms with Crippen molar-refractivity contribution in [2.75, 3.05) is 12.8 Å². The number of carbonyl (C=O) groups excluding carboxylic acids is 1. The average molecular weight is 277 g/mol. The second-order valence-corrected chi connectivity index (χ2v) is 7.53. The first-order valence-corrected chi connectivity index (χ1v) is 7.50. The number of carbonyl (C=O) groups is 1. The van der Waals surface area contributed by atoms with Gasteiger partial charge in [-0.1, -0.05) is 5.16 Å². The van der Waals surface area contributed by atoms with E-state index >= 15 is 0 Å². The zero-order chi connectivity index (χ0) is 14.1. The van der Waals surface area contributed by atoms with Crippen LogP contribution in [0.1, 0.15) is 26.7 Å². The van der Waals surface area contributed by atoms with Crippen LogP contribution in [0.4, 0.5) is 0 Å². The molecule has 104 valence electrons. The molecule has 7 nitrogen and oxygen atoms in total. The van der Waals surface area contributed by atoms with Gasteiger partial charge in [-0.05, 0) is 26.7 Å². The highest BCUT2D eigenvalue weighted by atomic mass is 32.2. The molecule has 1 heterocycles. The molecule has 0 spiro atoms. The van der Waals surface area contributed by atoms with E-state index < -0.39 is 26.5 Å². The molecule has 0 bridgehead atoms. The number of oxime groups is 1. The maximum Gasteiger partial charge on any atom is 0.244 e. The van der Waals surface area contributed by atoms with Crippen molar-refractivity contribution in [1.82, 2.24) is 4.90 Å². The number of nitrogens with zero attached hydrogens (tertiary/aromatic N) is 2. The van der Waals surface area contributed by atoms with Crippen molar-refractivity contribution < 1.29 is 18.4 Å². The van der Waals surface area contributed by atoms with Crippen LogP contribution in [-0.4, -0.2) is 53.9 Å². The van der Waals surface area contributed by atoms with Crippen LogP contribution in [0.3, 0.4) is 0 Å². The molecule has 1 aliphatic heterocycles. The van der Waals surface area contributed by atoms with Gasteiger partial charge >= 0.3 is 0 Å². The molecular weight excluding hydrogens is 258 g/mol. The van der Waals surface area contributed by atoms with Crippen molar-refractivity contribution in [2.45, 2.75) is 37.5 Å². The minimum atomic E-state index is -3.53. The molecule has 1 atom stereocenters. The Morgan fingerprint density at radius 2 is 2.06 bits per heavy atom. The van der Waals surface area contributed by atoms with Crippen molar-refractivity contribution in [3.63, 3.8) is 0 Å². The van der Waals surface area contributed by atoms with E-state index in [2.05, 4.69) is 5.16 Å². The Bertz CT molecular complexity index is 470. The predicted molar refractivity (Wildman–Crippen MR) is 67.1 cm³/mol. The van der Waals surface area contributed by atoms with Crippen molar-refractivity contribution in [3.8, 4) is 0 Å². The van der Waals surface area contributed by atoms with Crippen LogP contribution in [-0.2, 0) is 14.6 Å². The number of hydrogen-bond donors (Lipinski definition) is 2. The first-order valence-electron chi connectivity index (χ1n) is 5.61. The highest BCUT2D eigenvalue weighted by molar-refractivity contribution is 7.92. The Kier molecular flexibility index (Phi) is 3.89. The minimum absolute atomic E-state index is 0.0647. The summed E-state index contributed by atoms with van der Waals surface area (Å²) in [5.74, 6) is -0.579. The fraction of sp³-hybridized carbons (Fsp3) is 0.800. The van der Waals surface area contributed by atoms with Gasteiger partial charge in [-0.15, -0.1) is 0 Å². The van der Waals surface area contributed by atoms with Crippen molar-refractivity contribution >= 4 is 21.6 Å². The third-order valence-electron chi connectivity index (χ3n) is 3.41. The van der Waals surface area contributed by atoms with Gasteiger partial charge in [0.1, 0.15) is 4.75 Å². The molecule has 1 rings (SSSR count). The number of amidine groups is 1. The number of sulfone groups is 1. The second kappa shape index (κ2) is 4.75. The molecule has 1 saturated heterocycles. The van der Waals surface area contributed by atoms with Crippen LogP contribution >= 0.6 is 0 Å². The topological polar surface area (TPSA) is 113 Å². The number of hydrogen-bond acceptors (Lipinski definition) is 5. The lowest BCUT2D eigenvalue weighted by molar-refractivity contribution is -0.132. The van der Waals surface area contributed by atoms with Gasteiger partial charge in [0.05, 0.1) is 6.04 Å². The summed E-state index contributed by atoms with van der Waals surface area (Å²) < 4.78 is 21.8. The van der Waals surface area contributed by atoms with Gasteiger partial charge in [-0.25, -0.2) is 8.42 Å². The minimum Gasteiger partial charge on any atom is -0.409 e. The zero-order valence-corrected chi connectivity index (χ0v) is 11.6. The molecule has 0 aromatic heterocycles. The first kappa shape index (κ1) is 14.7. The van der Waals surface area contributed by atoms with Gasteiger partial charge in [-0.3, -0.25) is 4.79 Å². The molecule has 0 aliphatic carbocycles.